The van der Waals surface area contributed by atoms with Gasteiger partial charge in [-0.3, -0.25) is 14.4 Å². The number of likely N-dealkylation sites (tertiary alicyclic amines) is 1. The Bertz CT molecular complexity index is 1460. The van der Waals surface area contributed by atoms with Crippen molar-refractivity contribution in [2.24, 2.45) is 5.92 Å². The third-order valence-electron chi connectivity index (χ3n) is 9.40. The number of aliphatic hydroxyl groups is 1. The molecule has 3 N–H and O–H groups in total. The Balaban J connectivity index is 1.51. The van der Waals surface area contributed by atoms with Crippen LogP contribution in [-0.2, 0) is 16.0 Å². The Morgan fingerprint density at radius 2 is 1.81 bits per heavy atom. The van der Waals surface area contributed by atoms with E-state index in [1.165, 1.54) is 6.92 Å². The molecule has 2 aromatic carbocycles. The van der Waals surface area contributed by atoms with Gasteiger partial charge < -0.3 is 34.9 Å². The summed E-state index contributed by atoms with van der Waals surface area (Å²) in [7, 11) is 4.67. The molecule has 232 valence electrons. The molecular formula is C33H43N3O7. The van der Waals surface area contributed by atoms with Gasteiger partial charge in [0.25, 0.3) is 0 Å². The highest BCUT2D eigenvalue weighted by Crippen LogP contribution is 2.50. The minimum absolute atomic E-state index is 0.0859. The number of methoxy groups -OCH3 is 3. The summed E-state index contributed by atoms with van der Waals surface area (Å²) < 4.78 is 17.1. The van der Waals surface area contributed by atoms with E-state index in [9.17, 15) is 19.5 Å². The van der Waals surface area contributed by atoms with E-state index in [1.807, 2.05) is 17.0 Å². The maximum absolute atomic E-state index is 13.7. The van der Waals surface area contributed by atoms with Gasteiger partial charge in [0.05, 0.1) is 38.7 Å². The number of hydrogen-bond donors (Lipinski definition) is 3. The first-order valence-corrected chi connectivity index (χ1v) is 15.2. The molecule has 1 aliphatic heterocycles. The van der Waals surface area contributed by atoms with Gasteiger partial charge in [-0.2, -0.15) is 0 Å². The normalized spacial score (nSPS) is 23.4. The number of benzene rings is 1. The molecule has 3 aliphatic rings. The molecule has 0 bridgehead atoms. The molecule has 2 amide bonds. The average Bonchev–Trinajstić information content (AvgIpc) is 3.23. The molecule has 4 atom stereocenters. The third-order valence-corrected chi connectivity index (χ3v) is 9.40. The summed E-state index contributed by atoms with van der Waals surface area (Å²) in [4.78, 5) is 41.2. The predicted molar refractivity (Wildman–Crippen MR) is 164 cm³/mol. The molecule has 0 radical (unpaired) electrons. The predicted octanol–water partition coefficient (Wildman–Crippen LogP) is 3.82. The van der Waals surface area contributed by atoms with Crippen LogP contribution in [0.3, 0.4) is 0 Å². The minimum atomic E-state index is -0.673. The summed E-state index contributed by atoms with van der Waals surface area (Å²) in [5.74, 6) is 1.23. The maximum Gasteiger partial charge on any atom is 0.244 e. The largest absolute Gasteiger partial charge is 0.493 e. The Morgan fingerprint density at radius 1 is 1.05 bits per heavy atom. The van der Waals surface area contributed by atoms with Gasteiger partial charge in [0, 0.05) is 31.5 Å². The monoisotopic (exact) mass is 593 g/mol. The average molecular weight is 594 g/mol. The molecule has 1 saturated carbocycles. The molecule has 0 spiro atoms. The molecule has 5 rings (SSSR count). The van der Waals surface area contributed by atoms with Gasteiger partial charge in [0.2, 0.25) is 23.0 Å². The van der Waals surface area contributed by atoms with E-state index in [4.69, 9.17) is 14.2 Å². The van der Waals surface area contributed by atoms with E-state index >= 15 is 0 Å². The number of anilines is 1. The van der Waals surface area contributed by atoms with Crippen molar-refractivity contribution in [2.45, 2.75) is 76.5 Å². The summed E-state index contributed by atoms with van der Waals surface area (Å²) in [6.07, 6.45) is 5.55. The van der Waals surface area contributed by atoms with Crippen LogP contribution >= 0.6 is 0 Å². The van der Waals surface area contributed by atoms with Gasteiger partial charge in [0.15, 0.2) is 11.5 Å². The zero-order valence-electron chi connectivity index (χ0n) is 25.7. The first-order chi connectivity index (χ1) is 20.6. The number of piperidine rings is 1. The lowest BCUT2D eigenvalue weighted by Gasteiger charge is -2.47. The molecule has 0 unspecified atom stereocenters. The number of rotatable bonds is 7. The second-order valence-corrected chi connectivity index (χ2v) is 12.0. The van der Waals surface area contributed by atoms with E-state index in [0.29, 0.717) is 55.2 Å². The van der Waals surface area contributed by atoms with Crippen LogP contribution in [0.15, 0.2) is 29.1 Å². The molecule has 10 nitrogen and oxygen atoms in total. The van der Waals surface area contributed by atoms with Crippen LogP contribution in [-0.4, -0.2) is 67.9 Å². The Kier molecular flexibility index (Phi) is 8.87. The summed E-state index contributed by atoms with van der Waals surface area (Å²) in [6.45, 7) is 4.25. The number of nitrogens with zero attached hydrogens (tertiary/aromatic N) is 1. The van der Waals surface area contributed by atoms with Gasteiger partial charge in [0.1, 0.15) is 6.04 Å². The summed E-state index contributed by atoms with van der Waals surface area (Å²) in [6, 6.07) is 5.92. The second kappa shape index (κ2) is 12.4. The fourth-order valence-electron chi connectivity index (χ4n) is 7.17. The van der Waals surface area contributed by atoms with Crippen LogP contribution < -0.4 is 30.3 Å². The van der Waals surface area contributed by atoms with E-state index in [0.717, 1.165) is 42.4 Å². The molecular weight excluding hydrogens is 550 g/mol. The molecule has 1 heterocycles. The summed E-state index contributed by atoms with van der Waals surface area (Å²) in [5.41, 5.74) is 2.40. The highest BCUT2D eigenvalue weighted by molar-refractivity contribution is 5.86. The number of hydrogen-bond acceptors (Lipinski definition) is 8. The summed E-state index contributed by atoms with van der Waals surface area (Å²) >= 11 is 0. The lowest BCUT2D eigenvalue weighted by molar-refractivity contribution is -0.143. The van der Waals surface area contributed by atoms with Gasteiger partial charge in [-0.15, -0.1) is 0 Å². The third kappa shape index (κ3) is 5.89. The van der Waals surface area contributed by atoms with Crippen molar-refractivity contribution in [3.8, 4) is 28.4 Å². The van der Waals surface area contributed by atoms with Crippen LogP contribution in [0.4, 0.5) is 5.69 Å². The SMILES string of the molecule is COc1cc2c(c(OC)c1OC)-c1ccc(N[C@@H](C)C(=O)N3CC[C@@]4(O)CCCC[C@H]4C3)c(=O)cc1[C@@H](NC(C)=O)CC2. The van der Waals surface area contributed by atoms with Crippen molar-refractivity contribution in [3.05, 3.63) is 45.6 Å². The zero-order valence-corrected chi connectivity index (χ0v) is 25.7. The zero-order chi connectivity index (χ0) is 30.9. The molecule has 0 aromatic heterocycles. The van der Waals surface area contributed by atoms with E-state index in [2.05, 4.69) is 10.6 Å². The molecule has 2 aromatic rings. The van der Waals surface area contributed by atoms with Crippen molar-refractivity contribution in [2.75, 3.05) is 39.7 Å². The van der Waals surface area contributed by atoms with Crippen molar-refractivity contribution >= 4 is 17.5 Å². The highest BCUT2D eigenvalue weighted by atomic mass is 16.5. The minimum Gasteiger partial charge on any atom is -0.493 e. The van der Waals surface area contributed by atoms with Gasteiger partial charge in [-0.1, -0.05) is 18.9 Å². The fraction of sp³-hybridized carbons (Fsp3) is 0.545. The van der Waals surface area contributed by atoms with Gasteiger partial charge in [-0.05, 0) is 73.9 Å². The summed E-state index contributed by atoms with van der Waals surface area (Å²) in [5, 5.41) is 17.2. The lowest BCUT2D eigenvalue weighted by atomic mass is 9.71. The van der Waals surface area contributed by atoms with E-state index < -0.39 is 17.7 Å². The Labute approximate surface area is 252 Å². The van der Waals surface area contributed by atoms with Crippen molar-refractivity contribution in [1.82, 2.24) is 10.2 Å². The van der Waals surface area contributed by atoms with Crippen LogP contribution in [0.5, 0.6) is 17.2 Å². The number of fused-ring (bicyclic) bond motifs is 4. The molecule has 2 aliphatic carbocycles. The van der Waals surface area contributed by atoms with Crippen LogP contribution in [0.1, 0.15) is 69.5 Å². The number of amides is 2. The fourth-order valence-corrected chi connectivity index (χ4v) is 7.17. The maximum atomic E-state index is 13.7. The smallest absolute Gasteiger partial charge is 0.244 e. The first kappa shape index (κ1) is 30.7. The molecule has 43 heavy (non-hydrogen) atoms. The van der Waals surface area contributed by atoms with Gasteiger partial charge in [-0.25, -0.2) is 0 Å². The Morgan fingerprint density at radius 3 is 2.51 bits per heavy atom. The second-order valence-electron chi connectivity index (χ2n) is 12.0. The standard InChI is InChI=1S/C33H43N3O7/c1-19(32(39)36-15-14-33(40)13-7-6-8-22(33)18-36)34-26-12-10-23-24(17-27(26)38)25(35-20(2)37)11-9-21-16-28(41-3)30(42-4)31(43-5)29(21)23/h10,12,16-17,19,22,25,40H,6-9,11,13-15,18H2,1-5H3,(H,34,38)(H,35,37)/t19-,22-,25-,33-/m0/s1. The Hall–Kier alpha value is -3.79. The van der Waals surface area contributed by atoms with Gasteiger partial charge >= 0.3 is 0 Å². The number of nitrogens with one attached hydrogen (secondary N) is 2. The van der Waals surface area contributed by atoms with E-state index in [-0.39, 0.29) is 28.8 Å². The van der Waals surface area contributed by atoms with Crippen LogP contribution in [0.2, 0.25) is 0 Å². The topological polar surface area (TPSA) is 126 Å². The number of carbonyl (C=O) groups is 2. The van der Waals surface area contributed by atoms with Crippen molar-refractivity contribution in [1.29, 1.82) is 0 Å². The van der Waals surface area contributed by atoms with Crippen LogP contribution in [0.25, 0.3) is 11.1 Å². The molecule has 10 heteroatoms. The van der Waals surface area contributed by atoms with Crippen molar-refractivity contribution in [3.63, 3.8) is 0 Å². The van der Waals surface area contributed by atoms with E-state index in [1.54, 1.807) is 40.4 Å². The molecule has 2 fully saturated rings. The number of carbonyl (C=O) groups excluding carboxylic acids is 2. The number of aryl methyl sites for hydroxylation is 1. The number of ether oxygens (including phenoxy) is 3. The lowest BCUT2D eigenvalue weighted by Crippen LogP contribution is -2.56. The quantitative estimate of drug-likeness (QED) is 0.443. The highest BCUT2D eigenvalue weighted by Gasteiger charge is 2.44. The van der Waals surface area contributed by atoms with Crippen molar-refractivity contribution < 1.29 is 28.9 Å². The first-order valence-electron chi connectivity index (χ1n) is 15.2. The van der Waals surface area contributed by atoms with Crippen LogP contribution in [0, 0.1) is 5.92 Å². The molecule has 1 saturated heterocycles.